The van der Waals surface area contributed by atoms with Gasteiger partial charge >= 0.3 is 6.03 Å². The molecule has 3 aromatic heterocycles. The first-order valence-corrected chi connectivity index (χ1v) is 11.6. The van der Waals surface area contributed by atoms with E-state index < -0.39 is 12.7 Å². The molecule has 5 rings (SSSR count). The van der Waals surface area contributed by atoms with Crippen molar-refractivity contribution in [3.63, 3.8) is 0 Å². The van der Waals surface area contributed by atoms with Crippen molar-refractivity contribution < 1.29 is 14.0 Å². The topological polar surface area (TPSA) is 139 Å². The van der Waals surface area contributed by atoms with Crippen molar-refractivity contribution in [3.05, 3.63) is 65.7 Å². The molecular formula is C25H25FN8O2. The normalized spacial score (nSPS) is 12.9. The molecule has 0 saturated heterocycles. The van der Waals surface area contributed by atoms with Gasteiger partial charge in [0.25, 0.3) is 5.91 Å². The first-order chi connectivity index (χ1) is 17.5. The second kappa shape index (κ2) is 9.61. The van der Waals surface area contributed by atoms with Gasteiger partial charge in [0.2, 0.25) is 0 Å². The van der Waals surface area contributed by atoms with Crippen LogP contribution < -0.4 is 21.7 Å². The molecule has 0 radical (unpaired) electrons. The van der Waals surface area contributed by atoms with E-state index in [4.69, 9.17) is 5.73 Å². The molecule has 11 heteroatoms. The fraction of sp³-hybridized carbons (Fsp3) is 0.240. The SMILES string of the molecule is CCc1cc(-c2c(C(=O)NC3CC3)cn3ncnc(N)c23)ccc1NC(=O)Nc1cccc(CF)n1. The molecule has 1 aliphatic carbocycles. The van der Waals surface area contributed by atoms with Crippen molar-refractivity contribution >= 4 is 34.8 Å². The predicted molar refractivity (Wildman–Crippen MR) is 134 cm³/mol. The summed E-state index contributed by atoms with van der Waals surface area (Å²) in [5.74, 6) is 0.313. The lowest BCUT2D eigenvalue weighted by molar-refractivity contribution is 0.0951. The number of alkyl halides is 1. The number of nitrogens with one attached hydrogen (secondary N) is 3. The van der Waals surface area contributed by atoms with Gasteiger partial charge in [0.05, 0.1) is 11.3 Å². The largest absolute Gasteiger partial charge is 0.382 e. The van der Waals surface area contributed by atoms with Gasteiger partial charge in [-0.15, -0.1) is 0 Å². The van der Waals surface area contributed by atoms with Gasteiger partial charge in [0.1, 0.15) is 24.3 Å². The Morgan fingerprint density at radius 1 is 1.19 bits per heavy atom. The van der Waals surface area contributed by atoms with Crippen molar-refractivity contribution in [1.29, 1.82) is 0 Å². The molecule has 4 aromatic rings. The van der Waals surface area contributed by atoms with Crippen LogP contribution in [-0.4, -0.2) is 37.6 Å². The summed E-state index contributed by atoms with van der Waals surface area (Å²) in [7, 11) is 0. The molecule has 0 aliphatic heterocycles. The Labute approximate surface area is 206 Å². The van der Waals surface area contributed by atoms with Gasteiger partial charge < -0.3 is 16.4 Å². The summed E-state index contributed by atoms with van der Waals surface area (Å²) in [5.41, 5.74) is 10.2. The number of amides is 3. The van der Waals surface area contributed by atoms with Crippen LogP contribution in [-0.2, 0) is 13.1 Å². The number of benzene rings is 1. The molecular weight excluding hydrogens is 463 g/mol. The standard InChI is InChI=1S/C25H25FN8O2/c1-2-14-10-15(6-9-19(14)32-25(36)33-20-5-3-4-17(11-26)30-20)21-18(24(35)31-16-7-8-16)12-34-22(21)23(27)28-13-29-34/h3-6,9-10,12-13,16H,2,7-8,11H2,1H3,(H,31,35)(H2,27,28,29)(H2,30,32,33,36). The lowest BCUT2D eigenvalue weighted by Crippen LogP contribution is -2.25. The van der Waals surface area contributed by atoms with E-state index in [2.05, 4.69) is 31.0 Å². The van der Waals surface area contributed by atoms with Crippen LogP contribution in [0.1, 0.15) is 41.4 Å². The molecule has 0 bridgehead atoms. The second-order valence-corrected chi connectivity index (χ2v) is 8.56. The number of aryl methyl sites for hydroxylation is 1. The smallest absolute Gasteiger partial charge is 0.324 e. The lowest BCUT2D eigenvalue weighted by Gasteiger charge is -2.14. The minimum atomic E-state index is -0.719. The summed E-state index contributed by atoms with van der Waals surface area (Å²) in [5, 5.41) is 12.7. The van der Waals surface area contributed by atoms with Gasteiger partial charge in [-0.3, -0.25) is 10.1 Å². The van der Waals surface area contributed by atoms with E-state index in [1.807, 2.05) is 19.1 Å². The Balaban J connectivity index is 1.47. The van der Waals surface area contributed by atoms with Gasteiger partial charge in [0, 0.05) is 23.5 Å². The maximum atomic E-state index is 13.0. The Morgan fingerprint density at radius 3 is 2.78 bits per heavy atom. The van der Waals surface area contributed by atoms with Crippen molar-refractivity contribution in [2.45, 2.75) is 38.9 Å². The molecule has 0 atom stereocenters. The van der Waals surface area contributed by atoms with E-state index in [-0.39, 0.29) is 29.3 Å². The fourth-order valence-electron chi connectivity index (χ4n) is 4.05. The molecule has 3 amide bonds. The number of anilines is 3. The Kier molecular flexibility index (Phi) is 6.19. The number of urea groups is 1. The van der Waals surface area contributed by atoms with Gasteiger partial charge in [-0.05, 0) is 54.7 Å². The fourth-order valence-corrected chi connectivity index (χ4v) is 4.05. The highest BCUT2D eigenvalue weighted by molar-refractivity contribution is 6.07. The zero-order chi connectivity index (χ0) is 25.2. The van der Waals surface area contributed by atoms with Crippen LogP contribution in [0.3, 0.4) is 0 Å². The van der Waals surface area contributed by atoms with Crippen LogP contribution >= 0.6 is 0 Å². The number of fused-ring (bicyclic) bond motifs is 1. The molecule has 1 saturated carbocycles. The number of aromatic nitrogens is 4. The summed E-state index contributed by atoms with van der Waals surface area (Å²) in [6, 6.07) is 9.93. The van der Waals surface area contributed by atoms with E-state index >= 15 is 0 Å². The van der Waals surface area contributed by atoms with Crippen molar-refractivity contribution in [1.82, 2.24) is 24.9 Å². The maximum Gasteiger partial charge on any atom is 0.324 e. The van der Waals surface area contributed by atoms with Crippen molar-refractivity contribution in [2.24, 2.45) is 0 Å². The number of hydrogen-bond acceptors (Lipinski definition) is 6. The van der Waals surface area contributed by atoms with Crippen LogP contribution in [0.2, 0.25) is 0 Å². The molecule has 5 N–H and O–H groups in total. The Morgan fingerprint density at radius 2 is 2.03 bits per heavy atom. The number of carbonyl (C=O) groups excluding carboxylic acids is 2. The third-order valence-corrected chi connectivity index (χ3v) is 5.97. The molecule has 1 aromatic carbocycles. The van der Waals surface area contributed by atoms with Crippen LogP contribution in [0.4, 0.5) is 26.5 Å². The van der Waals surface area contributed by atoms with Crippen LogP contribution in [0.15, 0.2) is 48.9 Å². The molecule has 0 unspecified atom stereocenters. The number of carbonyl (C=O) groups is 2. The number of nitrogens with zero attached hydrogens (tertiary/aromatic N) is 4. The first-order valence-electron chi connectivity index (χ1n) is 11.6. The van der Waals surface area contributed by atoms with Gasteiger partial charge in [-0.1, -0.05) is 19.1 Å². The monoisotopic (exact) mass is 488 g/mol. The number of nitrogens with two attached hydrogens (primary N) is 1. The molecule has 1 aliphatic rings. The van der Waals surface area contributed by atoms with E-state index in [9.17, 15) is 14.0 Å². The summed E-state index contributed by atoms with van der Waals surface area (Å²) in [6.45, 7) is 1.24. The second-order valence-electron chi connectivity index (χ2n) is 8.56. The van der Waals surface area contributed by atoms with Crippen molar-refractivity contribution in [2.75, 3.05) is 16.4 Å². The average Bonchev–Trinajstić information content (AvgIpc) is 3.60. The van der Waals surface area contributed by atoms with E-state index in [1.165, 1.54) is 6.33 Å². The third-order valence-electron chi connectivity index (χ3n) is 5.97. The summed E-state index contributed by atoms with van der Waals surface area (Å²) in [6.07, 6.45) is 5.54. The predicted octanol–water partition coefficient (Wildman–Crippen LogP) is 3.94. The molecule has 36 heavy (non-hydrogen) atoms. The van der Waals surface area contributed by atoms with Crippen LogP contribution in [0, 0.1) is 0 Å². The van der Waals surface area contributed by atoms with E-state index in [0.717, 1.165) is 24.0 Å². The minimum absolute atomic E-state index is 0.188. The van der Waals surface area contributed by atoms with Crippen LogP contribution in [0.5, 0.6) is 0 Å². The molecule has 3 heterocycles. The number of rotatable bonds is 7. The molecule has 0 spiro atoms. The number of halogens is 1. The highest BCUT2D eigenvalue weighted by atomic mass is 19.1. The average molecular weight is 489 g/mol. The maximum absolute atomic E-state index is 13.0. The number of pyridine rings is 1. The molecule has 184 valence electrons. The highest BCUT2D eigenvalue weighted by Gasteiger charge is 2.28. The highest BCUT2D eigenvalue weighted by Crippen LogP contribution is 2.35. The third kappa shape index (κ3) is 4.67. The minimum Gasteiger partial charge on any atom is -0.382 e. The lowest BCUT2D eigenvalue weighted by atomic mass is 9.98. The zero-order valence-electron chi connectivity index (χ0n) is 19.6. The van der Waals surface area contributed by atoms with Gasteiger partial charge in [-0.25, -0.2) is 23.7 Å². The van der Waals surface area contributed by atoms with Crippen molar-refractivity contribution in [3.8, 4) is 11.1 Å². The quantitative estimate of drug-likeness (QED) is 0.311. The Hall–Kier alpha value is -4.54. The van der Waals surface area contributed by atoms with E-state index in [1.54, 1.807) is 35.0 Å². The molecule has 10 nitrogen and oxygen atoms in total. The van der Waals surface area contributed by atoms with Crippen LogP contribution in [0.25, 0.3) is 16.6 Å². The Bertz CT molecular complexity index is 1460. The molecule has 1 fully saturated rings. The number of hydrogen-bond donors (Lipinski definition) is 4. The van der Waals surface area contributed by atoms with Gasteiger partial charge in [-0.2, -0.15) is 5.10 Å². The summed E-state index contributed by atoms with van der Waals surface area (Å²) in [4.78, 5) is 33.8. The number of nitrogen functional groups attached to an aromatic ring is 1. The summed E-state index contributed by atoms with van der Waals surface area (Å²) < 4.78 is 14.4. The summed E-state index contributed by atoms with van der Waals surface area (Å²) >= 11 is 0. The van der Waals surface area contributed by atoms with E-state index in [0.29, 0.717) is 28.8 Å². The zero-order valence-corrected chi connectivity index (χ0v) is 19.6. The van der Waals surface area contributed by atoms with Gasteiger partial charge in [0.15, 0.2) is 5.82 Å². The first kappa shape index (κ1) is 23.2.